The van der Waals surface area contributed by atoms with Crippen LogP contribution in [0.2, 0.25) is 5.02 Å². The smallest absolute Gasteiger partial charge is 0.234 e. The van der Waals surface area contributed by atoms with Crippen LogP contribution in [0.5, 0.6) is 0 Å². The molecule has 0 aliphatic carbocycles. The molecule has 7 heteroatoms. The second-order valence-corrected chi connectivity index (χ2v) is 7.98. The van der Waals surface area contributed by atoms with Crippen molar-refractivity contribution in [3.8, 4) is 0 Å². The van der Waals surface area contributed by atoms with E-state index in [1.807, 2.05) is 24.3 Å². The largest absolute Gasteiger partial charge is 0.325 e. The lowest BCUT2D eigenvalue weighted by atomic mass is 10.1. The van der Waals surface area contributed by atoms with E-state index in [1.54, 1.807) is 42.5 Å². The van der Waals surface area contributed by atoms with Gasteiger partial charge in [-0.15, -0.1) is 0 Å². The van der Waals surface area contributed by atoms with E-state index in [2.05, 4.69) is 15.3 Å². The lowest BCUT2D eigenvalue weighted by molar-refractivity contribution is -0.113. The molecule has 0 saturated carbocycles. The fourth-order valence-corrected chi connectivity index (χ4v) is 3.95. The monoisotopic (exact) mass is 437 g/mol. The van der Waals surface area contributed by atoms with Crippen LogP contribution in [0.1, 0.15) is 11.3 Å². The first-order chi connectivity index (χ1) is 14.6. The Kier molecular flexibility index (Phi) is 6.26. The minimum absolute atomic E-state index is 0.143. The Bertz CT molecular complexity index is 1220. The van der Waals surface area contributed by atoms with Gasteiger partial charge in [-0.3, -0.25) is 4.79 Å². The van der Waals surface area contributed by atoms with E-state index >= 15 is 0 Å². The number of fused-ring (bicyclic) bond motifs is 1. The van der Waals surface area contributed by atoms with Crippen LogP contribution in [-0.2, 0) is 11.2 Å². The van der Waals surface area contributed by atoms with E-state index in [-0.39, 0.29) is 17.5 Å². The van der Waals surface area contributed by atoms with Gasteiger partial charge in [0.1, 0.15) is 10.8 Å². The summed E-state index contributed by atoms with van der Waals surface area (Å²) in [5, 5.41) is 3.97. The lowest BCUT2D eigenvalue weighted by Crippen LogP contribution is -2.14. The summed E-state index contributed by atoms with van der Waals surface area (Å²) in [6.07, 6.45) is 0.294. The summed E-state index contributed by atoms with van der Waals surface area (Å²) in [7, 11) is 0. The summed E-state index contributed by atoms with van der Waals surface area (Å²) in [6.45, 7) is 0. The first kappa shape index (κ1) is 20.3. The SMILES string of the molecule is O=C(CSc1nc2ccccc2nc1Cc1ccccc1F)Nc1cccc(Cl)c1. The van der Waals surface area contributed by atoms with Crippen LogP contribution in [-0.4, -0.2) is 21.6 Å². The molecule has 0 radical (unpaired) electrons. The van der Waals surface area contributed by atoms with Crippen LogP contribution in [0.4, 0.5) is 10.1 Å². The molecule has 0 atom stereocenters. The Morgan fingerprint density at radius 2 is 1.70 bits per heavy atom. The van der Waals surface area contributed by atoms with E-state index in [0.29, 0.717) is 33.4 Å². The number of hydrogen-bond donors (Lipinski definition) is 1. The number of halogens is 2. The minimum Gasteiger partial charge on any atom is -0.325 e. The van der Waals surface area contributed by atoms with Crippen molar-refractivity contribution >= 4 is 46.0 Å². The summed E-state index contributed by atoms with van der Waals surface area (Å²) in [6, 6.07) is 21.1. The van der Waals surface area contributed by atoms with Gasteiger partial charge < -0.3 is 5.32 Å². The van der Waals surface area contributed by atoms with Crippen molar-refractivity contribution in [2.24, 2.45) is 0 Å². The van der Waals surface area contributed by atoms with Gasteiger partial charge in [0.2, 0.25) is 5.91 Å². The molecule has 1 aromatic heterocycles. The molecule has 150 valence electrons. The van der Waals surface area contributed by atoms with Crippen molar-refractivity contribution in [1.29, 1.82) is 0 Å². The highest BCUT2D eigenvalue weighted by Crippen LogP contribution is 2.26. The number of rotatable bonds is 6. The number of nitrogens with one attached hydrogen (secondary N) is 1. The zero-order valence-corrected chi connectivity index (χ0v) is 17.4. The predicted octanol–water partition coefficient (Wildman–Crippen LogP) is 5.74. The third-order valence-corrected chi connectivity index (χ3v) is 5.61. The third kappa shape index (κ3) is 4.96. The molecule has 1 N–H and O–H groups in total. The average molecular weight is 438 g/mol. The van der Waals surface area contributed by atoms with Gasteiger partial charge >= 0.3 is 0 Å². The molecule has 30 heavy (non-hydrogen) atoms. The number of benzene rings is 3. The van der Waals surface area contributed by atoms with Crippen LogP contribution < -0.4 is 5.32 Å². The third-order valence-electron chi connectivity index (χ3n) is 4.37. The summed E-state index contributed by atoms with van der Waals surface area (Å²) in [4.78, 5) is 21.8. The van der Waals surface area contributed by atoms with Crippen molar-refractivity contribution < 1.29 is 9.18 Å². The molecule has 0 aliphatic rings. The Balaban J connectivity index is 1.57. The van der Waals surface area contributed by atoms with Crippen LogP contribution in [0.3, 0.4) is 0 Å². The molecule has 3 aromatic carbocycles. The Morgan fingerprint density at radius 3 is 2.47 bits per heavy atom. The number of amides is 1. The fourth-order valence-electron chi connectivity index (χ4n) is 2.97. The lowest BCUT2D eigenvalue weighted by Gasteiger charge is -2.11. The zero-order valence-electron chi connectivity index (χ0n) is 15.8. The molecular weight excluding hydrogens is 421 g/mol. The number of nitrogens with zero attached hydrogens (tertiary/aromatic N) is 2. The van der Waals surface area contributed by atoms with Gasteiger partial charge in [0.15, 0.2) is 0 Å². The number of carbonyl (C=O) groups excluding carboxylic acids is 1. The Labute approximate surface area is 182 Å². The molecule has 4 aromatic rings. The van der Waals surface area contributed by atoms with Crippen molar-refractivity contribution in [2.45, 2.75) is 11.4 Å². The molecule has 0 saturated heterocycles. The standard InChI is InChI=1S/C23H17ClFN3OS/c24-16-7-5-8-17(13-16)26-22(29)14-30-23-21(12-15-6-1-2-9-18(15)25)27-19-10-3-4-11-20(19)28-23/h1-11,13H,12,14H2,(H,26,29). The number of hydrogen-bond acceptors (Lipinski definition) is 4. The van der Waals surface area contributed by atoms with E-state index in [4.69, 9.17) is 11.6 Å². The normalized spacial score (nSPS) is 10.9. The Hall–Kier alpha value is -2.96. The Morgan fingerprint density at radius 1 is 0.967 bits per heavy atom. The second kappa shape index (κ2) is 9.24. The number of carbonyl (C=O) groups is 1. The average Bonchev–Trinajstić information content (AvgIpc) is 2.74. The van der Waals surface area contributed by atoms with Crippen molar-refractivity contribution in [2.75, 3.05) is 11.1 Å². The molecule has 4 rings (SSSR count). The van der Waals surface area contributed by atoms with Crippen LogP contribution in [0.15, 0.2) is 77.8 Å². The summed E-state index contributed by atoms with van der Waals surface area (Å²) in [5.74, 6) is -0.333. The van der Waals surface area contributed by atoms with Crippen LogP contribution in [0, 0.1) is 5.82 Å². The number of aromatic nitrogens is 2. The highest BCUT2D eigenvalue weighted by atomic mass is 35.5. The first-order valence-corrected chi connectivity index (χ1v) is 10.6. The summed E-state index contributed by atoms with van der Waals surface area (Å²) < 4.78 is 14.2. The molecule has 1 heterocycles. The van der Waals surface area contributed by atoms with E-state index < -0.39 is 0 Å². The van der Waals surface area contributed by atoms with Crippen molar-refractivity contribution in [1.82, 2.24) is 9.97 Å². The first-order valence-electron chi connectivity index (χ1n) is 9.26. The number of thioether (sulfide) groups is 1. The van der Waals surface area contributed by atoms with Gasteiger partial charge in [0, 0.05) is 17.1 Å². The molecule has 0 bridgehead atoms. The van der Waals surface area contributed by atoms with Crippen molar-refractivity contribution in [3.63, 3.8) is 0 Å². The van der Waals surface area contributed by atoms with Gasteiger partial charge in [-0.05, 0) is 42.0 Å². The zero-order chi connectivity index (χ0) is 20.9. The highest BCUT2D eigenvalue weighted by Gasteiger charge is 2.14. The molecular formula is C23H17ClFN3OS. The highest BCUT2D eigenvalue weighted by molar-refractivity contribution is 8.00. The molecule has 0 aliphatic heterocycles. The number of para-hydroxylation sites is 2. The van der Waals surface area contributed by atoms with Crippen molar-refractivity contribution in [3.05, 3.63) is 94.9 Å². The maximum atomic E-state index is 14.2. The van der Waals surface area contributed by atoms with Gasteiger partial charge in [-0.2, -0.15) is 0 Å². The molecule has 1 amide bonds. The van der Waals surface area contributed by atoms with Crippen LogP contribution in [0.25, 0.3) is 11.0 Å². The summed E-state index contributed by atoms with van der Waals surface area (Å²) >= 11 is 7.24. The molecule has 4 nitrogen and oxygen atoms in total. The van der Waals surface area contributed by atoms with Gasteiger partial charge in [0.25, 0.3) is 0 Å². The summed E-state index contributed by atoms with van der Waals surface area (Å²) in [5.41, 5.74) is 3.26. The molecule has 0 unspecified atom stereocenters. The van der Waals surface area contributed by atoms with E-state index in [1.165, 1.54) is 17.8 Å². The van der Waals surface area contributed by atoms with Gasteiger partial charge in [0.05, 0.1) is 22.5 Å². The topological polar surface area (TPSA) is 54.9 Å². The van der Waals surface area contributed by atoms with Gasteiger partial charge in [-0.25, -0.2) is 14.4 Å². The quantitative estimate of drug-likeness (QED) is 0.390. The molecule has 0 fully saturated rings. The van der Waals surface area contributed by atoms with E-state index in [0.717, 1.165) is 11.0 Å². The number of anilines is 1. The molecule has 0 spiro atoms. The minimum atomic E-state index is -0.290. The van der Waals surface area contributed by atoms with Gasteiger partial charge in [-0.1, -0.05) is 59.8 Å². The maximum absolute atomic E-state index is 14.2. The predicted molar refractivity (Wildman–Crippen MR) is 120 cm³/mol. The second-order valence-electron chi connectivity index (χ2n) is 6.58. The maximum Gasteiger partial charge on any atom is 0.234 e. The van der Waals surface area contributed by atoms with Crippen LogP contribution >= 0.6 is 23.4 Å². The fraction of sp³-hybridized carbons (Fsp3) is 0.0870. The van der Waals surface area contributed by atoms with E-state index in [9.17, 15) is 9.18 Å².